The molecule has 0 heterocycles. The van der Waals surface area contributed by atoms with Gasteiger partial charge in [-0.25, -0.2) is 12.8 Å². The molecule has 12 heavy (non-hydrogen) atoms. The maximum atomic E-state index is 13.2. The molecule has 0 radical (unpaired) electrons. The van der Waals surface area contributed by atoms with Crippen molar-refractivity contribution < 1.29 is 12.8 Å². The predicted molar refractivity (Wildman–Crippen MR) is 46.6 cm³/mol. The molecule has 1 aliphatic rings. The molecular formula is C6H9Cl2FO2S. The van der Waals surface area contributed by atoms with Crippen LogP contribution in [0.3, 0.4) is 0 Å². The molecule has 2 nitrogen and oxygen atoms in total. The average molecular weight is 235 g/mol. The van der Waals surface area contributed by atoms with Crippen molar-refractivity contribution in [2.45, 2.75) is 19.0 Å². The van der Waals surface area contributed by atoms with E-state index in [0.29, 0.717) is 0 Å². The van der Waals surface area contributed by atoms with E-state index in [0.717, 1.165) is 0 Å². The minimum atomic E-state index is -3.68. The highest BCUT2D eigenvalue weighted by Gasteiger charge is 2.73. The number of alkyl halides is 2. The fraction of sp³-hybridized carbons (Fsp3) is 1.00. The van der Waals surface area contributed by atoms with Crippen LogP contribution in [0, 0.1) is 11.3 Å². The first kappa shape index (κ1) is 10.5. The Balaban J connectivity index is 2.81. The molecule has 0 aliphatic heterocycles. The second-order valence-electron chi connectivity index (χ2n) is 3.45. The first-order valence-corrected chi connectivity index (χ1v) is 6.27. The van der Waals surface area contributed by atoms with Crippen molar-refractivity contribution >= 4 is 31.3 Å². The van der Waals surface area contributed by atoms with E-state index in [9.17, 15) is 12.8 Å². The number of rotatable bonds is 2. The van der Waals surface area contributed by atoms with Crippen molar-refractivity contribution in [1.29, 1.82) is 0 Å². The highest BCUT2D eigenvalue weighted by atomic mass is 35.7. The van der Waals surface area contributed by atoms with Gasteiger partial charge in [0.25, 0.3) is 0 Å². The highest BCUT2D eigenvalue weighted by molar-refractivity contribution is 8.13. The maximum Gasteiger partial charge on any atom is 0.233 e. The molecule has 0 aromatic rings. The normalized spacial score (nSPS) is 47.6. The molecule has 1 saturated carbocycles. The van der Waals surface area contributed by atoms with Gasteiger partial charge in [-0.2, -0.15) is 0 Å². The number of hydrogen-bond donors (Lipinski definition) is 0. The number of hydrogen-bond acceptors (Lipinski definition) is 2. The second-order valence-corrected chi connectivity index (χ2v) is 6.77. The SMILES string of the molecule is CC1C(F)(Cl)C1(C)CS(=O)(=O)Cl. The third kappa shape index (κ3) is 1.44. The summed E-state index contributed by atoms with van der Waals surface area (Å²) in [5, 5.41) is -1.92. The summed E-state index contributed by atoms with van der Waals surface area (Å²) in [4.78, 5) is 0. The van der Waals surface area contributed by atoms with Crippen LogP contribution in [0.1, 0.15) is 13.8 Å². The molecule has 1 rings (SSSR count). The smallest absolute Gasteiger partial charge is 0.225 e. The summed E-state index contributed by atoms with van der Waals surface area (Å²) in [5.41, 5.74) is -1.03. The van der Waals surface area contributed by atoms with E-state index >= 15 is 0 Å². The first-order chi connectivity index (χ1) is 5.11. The standard InChI is InChI=1S/C6H9Cl2FO2S/c1-4-5(2,6(4,7)9)3-12(8,10)11/h4H,3H2,1-2H3. The summed E-state index contributed by atoms with van der Waals surface area (Å²) in [5.74, 6) is -0.886. The quantitative estimate of drug-likeness (QED) is 0.542. The minimum Gasteiger partial charge on any atom is -0.225 e. The van der Waals surface area contributed by atoms with Gasteiger partial charge in [-0.3, -0.25) is 0 Å². The van der Waals surface area contributed by atoms with Gasteiger partial charge in [0.2, 0.25) is 9.05 Å². The Morgan fingerprint density at radius 2 is 1.92 bits per heavy atom. The lowest BCUT2D eigenvalue weighted by atomic mass is 10.1. The van der Waals surface area contributed by atoms with Crippen LogP contribution in [-0.2, 0) is 9.05 Å². The van der Waals surface area contributed by atoms with Gasteiger partial charge in [0.15, 0.2) is 5.13 Å². The predicted octanol–water partition coefficient (Wildman–Crippen LogP) is 2.12. The van der Waals surface area contributed by atoms with Crippen LogP contribution >= 0.6 is 22.3 Å². The van der Waals surface area contributed by atoms with E-state index in [4.69, 9.17) is 22.3 Å². The summed E-state index contributed by atoms with van der Waals surface area (Å²) >= 11 is 5.42. The van der Waals surface area contributed by atoms with E-state index in [1.165, 1.54) is 6.92 Å². The van der Waals surface area contributed by atoms with E-state index < -0.39 is 31.3 Å². The zero-order chi connectivity index (χ0) is 9.78. The van der Waals surface area contributed by atoms with Crippen molar-refractivity contribution in [3.05, 3.63) is 0 Å². The van der Waals surface area contributed by atoms with Gasteiger partial charge < -0.3 is 0 Å². The molecule has 3 atom stereocenters. The Morgan fingerprint density at radius 1 is 1.58 bits per heavy atom. The third-order valence-corrected chi connectivity index (χ3v) is 4.68. The van der Waals surface area contributed by atoms with Crippen molar-refractivity contribution in [3.63, 3.8) is 0 Å². The lowest BCUT2D eigenvalue weighted by Gasteiger charge is -2.06. The van der Waals surface area contributed by atoms with Crippen molar-refractivity contribution in [2.24, 2.45) is 11.3 Å². The molecule has 0 saturated heterocycles. The van der Waals surface area contributed by atoms with Gasteiger partial charge in [-0.05, 0) is 0 Å². The molecule has 1 aliphatic carbocycles. The topological polar surface area (TPSA) is 34.1 Å². The van der Waals surface area contributed by atoms with Gasteiger partial charge in [0.1, 0.15) is 0 Å². The van der Waals surface area contributed by atoms with Crippen LogP contribution in [0.5, 0.6) is 0 Å². The molecule has 0 N–H and O–H groups in total. The lowest BCUT2D eigenvalue weighted by molar-refractivity contribution is 0.349. The van der Waals surface area contributed by atoms with E-state index in [-0.39, 0.29) is 0 Å². The summed E-state index contributed by atoms with van der Waals surface area (Å²) in [6.07, 6.45) is 0. The molecule has 72 valence electrons. The van der Waals surface area contributed by atoms with Gasteiger partial charge in [-0.15, -0.1) is 0 Å². The lowest BCUT2D eigenvalue weighted by Crippen LogP contribution is -2.16. The Bertz CT molecular complexity index is 301. The Morgan fingerprint density at radius 3 is 2.00 bits per heavy atom. The van der Waals surface area contributed by atoms with Gasteiger partial charge in [0.05, 0.1) is 5.75 Å². The Kier molecular flexibility index (Phi) is 2.18. The number of halogens is 3. The van der Waals surface area contributed by atoms with Crippen LogP contribution in [0.4, 0.5) is 4.39 Å². The summed E-state index contributed by atoms with van der Waals surface area (Å²) in [6.45, 7) is 3.04. The zero-order valence-corrected chi connectivity index (χ0v) is 8.97. The molecule has 0 aromatic carbocycles. The van der Waals surface area contributed by atoms with E-state index in [1.54, 1.807) is 6.92 Å². The fourth-order valence-electron chi connectivity index (χ4n) is 1.38. The first-order valence-electron chi connectivity index (χ1n) is 3.41. The summed E-state index contributed by atoms with van der Waals surface area (Å²) in [6, 6.07) is 0. The van der Waals surface area contributed by atoms with Crippen molar-refractivity contribution in [1.82, 2.24) is 0 Å². The molecule has 0 spiro atoms. The summed E-state index contributed by atoms with van der Waals surface area (Å²) in [7, 11) is 1.32. The largest absolute Gasteiger partial charge is 0.233 e. The van der Waals surface area contributed by atoms with Crippen molar-refractivity contribution in [3.8, 4) is 0 Å². The zero-order valence-electron chi connectivity index (χ0n) is 6.64. The van der Waals surface area contributed by atoms with Crippen LogP contribution in [-0.4, -0.2) is 19.3 Å². The monoisotopic (exact) mass is 234 g/mol. The van der Waals surface area contributed by atoms with Crippen LogP contribution in [0.25, 0.3) is 0 Å². The minimum absolute atomic E-state index is 0.414. The third-order valence-electron chi connectivity index (χ3n) is 2.65. The Hall–Kier alpha value is 0.460. The van der Waals surface area contributed by atoms with Crippen LogP contribution in [0.2, 0.25) is 0 Å². The van der Waals surface area contributed by atoms with Crippen LogP contribution in [0.15, 0.2) is 0 Å². The molecule has 3 unspecified atom stereocenters. The van der Waals surface area contributed by atoms with E-state index in [2.05, 4.69) is 0 Å². The molecule has 0 aromatic heterocycles. The van der Waals surface area contributed by atoms with Gasteiger partial charge >= 0.3 is 0 Å². The molecule has 1 fully saturated rings. The maximum absolute atomic E-state index is 13.2. The Labute approximate surface area is 80.5 Å². The summed E-state index contributed by atoms with van der Waals surface area (Å²) < 4.78 is 34.5. The van der Waals surface area contributed by atoms with E-state index in [1.807, 2.05) is 0 Å². The molecule has 6 heteroatoms. The average Bonchev–Trinajstić information content (AvgIpc) is 2.10. The molecular weight excluding hydrogens is 226 g/mol. The van der Waals surface area contributed by atoms with Gasteiger partial charge in [-0.1, -0.05) is 25.4 Å². The van der Waals surface area contributed by atoms with Crippen LogP contribution < -0.4 is 0 Å². The molecule has 0 bridgehead atoms. The fourth-order valence-corrected chi connectivity index (χ4v) is 3.73. The van der Waals surface area contributed by atoms with Crippen molar-refractivity contribution in [2.75, 3.05) is 5.75 Å². The highest BCUT2D eigenvalue weighted by Crippen LogP contribution is 2.67. The second kappa shape index (κ2) is 2.49. The van der Waals surface area contributed by atoms with Gasteiger partial charge in [0, 0.05) is 22.0 Å². The molecule has 0 amide bonds.